The molecule has 1 N–H and O–H groups in total. The summed E-state index contributed by atoms with van der Waals surface area (Å²) in [4.78, 5) is 3.95. The van der Waals surface area contributed by atoms with Crippen LogP contribution in [0.2, 0.25) is 5.02 Å². The van der Waals surface area contributed by atoms with Gasteiger partial charge >= 0.3 is 0 Å². The van der Waals surface area contributed by atoms with E-state index in [2.05, 4.69) is 20.9 Å². The highest BCUT2D eigenvalue weighted by Crippen LogP contribution is 2.31. The van der Waals surface area contributed by atoms with Crippen LogP contribution >= 0.6 is 27.5 Å². The maximum Gasteiger partial charge on any atom is 0.128 e. The third kappa shape index (κ3) is 4.13. The minimum Gasteiger partial charge on any atom is -0.457 e. The van der Waals surface area contributed by atoms with Gasteiger partial charge in [0.25, 0.3) is 0 Å². The van der Waals surface area contributed by atoms with Crippen LogP contribution in [0.4, 0.5) is 0 Å². The van der Waals surface area contributed by atoms with E-state index in [1.807, 2.05) is 24.3 Å². The highest BCUT2D eigenvalue weighted by Gasteiger charge is 2.13. The molecule has 0 saturated heterocycles. The van der Waals surface area contributed by atoms with Crippen molar-refractivity contribution in [2.24, 2.45) is 0 Å². The van der Waals surface area contributed by atoms with Crippen LogP contribution in [0.15, 0.2) is 65.7 Å². The Balaban J connectivity index is 1.73. The van der Waals surface area contributed by atoms with Crippen LogP contribution in [-0.2, 0) is 6.54 Å². The summed E-state index contributed by atoms with van der Waals surface area (Å²) >= 11 is 9.66. The number of aliphatic hydroxyl groups excluding tert-OH is 1. The van der Waals surface area contributed by atoms with Gasteiger partial charge in [-0.3, -0.25) is 0 Å². The predicted octanol–water partition coefficient (Wildman–Crippen LogP) is 4.82. The van der Waals surface area contributed by atoms with E-state index in [0.717, 1.165) is 10.2 Å². The first kappa shape index (κ1) is 16.1. The van der Waals surface area contributed by atoms with Crippen LogP contribution in [0.5, 0.6) is 11.5 Å². The normalized spacial score (nSPS) is 12.1. The fraction of sp³-hybridized carbons (Fsp3) is 0.118. The molecule has 1 heterocycles. The summed E-state index contributed by atoms with van der Waals surface area (Å²) in [6.07, 6.45) is 4.41. The maximum atomic E-state index is 10.3. The summed E-state index contributed by atoms with van der Waals surface area (Å²) in [5.41, 5.74) is 0.656. The summed E-state index contributed by atoms with van der Waals surface area (Å²) in [6.45, 7) is 0.395. The molecule has 0 fully saturated rings. The van der Waals surface area contributed by atoms with Gasteiger partial charge in [0.15, 0.2) is 0 Å². The molecule has 3 rings (SSSR count). The molecule has 1 aromatic heterocycles. The van der Waals surface area contributed by atoms with Crippen LogP contribution in [-0.4, -0.2) is 14.7 Å². The summed E-state index contributed by atoms with van der Waals surface area (Å²) in [6, 6.07) is 12.8. The first-order valence-electron chi connectivity index (χ1n) is 6.98. The number of hydrogen-bond acceptors (Lipinski definition) is 3. The molecule has 0 aliphatic carbocycles. The zero-order chi connectivity index (χ0) is 16.2. The molecule has 0 saturated carbocycles. The highest BCUT2D eigenvalue weighted by molar-refractivity contribution is 9.10. The van der Waals surface area contributed by atoms with E-state index in [-0.39, 0.29) is 0 Å². The Labute approximate surface area is 147 Å². The summed E-state index contributed by atoms with van der Waals surface area (Å²) < 4.78 is 8.54. The number of aromatic nitrogens is 2. The Morgan fingerprint density at radius 3 is 2.57 bits per heavy atom. The van der Waals surface area contributed by atoms with Crippen LogP contribution in [0.25, 0.3) is 0 Å². The lowest BCUT2D eigenvalue weighted by molar-refractivity contribution is 0.156. The summed E-state index contributed by atoms with van der Waals surface area (Å²) in [7, 11) is 0. The Morgan fingerprint density at radius 1 is 1.17 bits per heavy atom. The lowest BCUT2D eigenvalue weighted by Crippen LogP contribution is -2.07. The summed E-state index contributed by atoms with van der Waals surface area (Å²) in [5.74, 6) is 1.34. The van der Waals surface area contributed by atoms with Gasteiger partial charge in [-0.25, -0.2) is 4.98 Å². The monoisotopic (exact) mass is 392 g/mol. The van der Waals surface area contributed by atoms with Gasteiger partial charge in [0.1, 0.15) is 11.5 Å². The van der Waals surface area contributed by atoms with Crippen LogP contribution < -0.4 is 4.74 Å². The number of hydrogen-bond donors (Lipinski definition) is 1. The van der Waals surface area contributed by atoms with Gasteiger partial charge in [-0.2, -0.15) is 0 Å². The van der Waals surface area contributed by atoms with Gasteiger partial charge in [-0.05, 0) is 36.4 Å². The molecule has 118 valence electrons. The van der Waals surface area contributed by atoms with Gasteiger partial charge in [-0.1, -0.05) is 33.6 Å². The van der Waals surface area contributed by atoms with Crippen molar-refractivity contribution in [3.63, 3.8) is 0 Å². The molecule has 0 spiro atoms. The van der Waals surface area contributed by atoms with Crippen molar-refractivity contribution >= 4 is 27.5 Å². The molecule has 0 radical (unpaired) electrons. The van der Waals surface area contributed by atoms with Crippen molar-refractivity contribution in [1.82, 2.24) is 9.55 Å². The van der Waals surface area contributed by atoms with E-state index < -0.39 is 6.10 Å². The highest BCUT2D eigenvalue weighted by atomic mass is 79.9. The van der Waals surface area contributed by atoms with Gasteiger partial charge in [0, 0.05) is 22.4 Å². The molecular formula is C17H14BrClN2O2. The average molecular weight is 394 g/mol. The molecule has 6 heteroatoms. The van der Waals surface area contributed by atoms with E-state index in [0.29, 0.717) is 22.9 Å². The molecule has 4 nitrogen and oxygen atoms in total. The molecule has 0 aliphatic rings. The number of benzene rings is 2. The lowest BCUT2D eigenvalue weighted by atomic mass is 10.1. The molecular weight excluding hydrogens is 380 g/mol. The molecule has 0 bridgehead atoms. The Bertz CT molecular complexity index is 776. The molecule has 1 atom stereocenters. The van der Waals surface area contributed by atoms with E-state index in [4.69, 9.17) is 16.3 Å². The molecule has 0 amide bonds. The standard InChI is InChI=1S/C17H14BrClN2O2/c18-12-1-3-13(4-2-12)23-14-5-6-15(16(19)9-14)17(22)10-21-8-7-20-11-21/h1-9,11,17,22H,10H2. The molecule has 1 unspecified atom stereocenters. The fourth-order valence-electron chi connectivity index (χ4n) is 2.17. The van der Waals surface area contributed by atoms with E-state index in [1.165, 1.54) is 0 Å². The van der Waals surface area contributed by atoms with Gasteiger partial charge in [0.05, 0.1) is 24.0 Å². The topological polar surface area (TPSA) is 47.3 Å². The van der Waals surface area contributed by atoms with E-state index in [1.54, 1.807) is 41.5 Å². The zero-order valence-electron chi connectivity index (χ0n) is 12.1. The minimum atomic E-state index is -0.710. The minimum absolute atomic E-state index is 0.395. The van der Waals surface area contributed by atoms with E-state index >= 15 is 0 Å². The smallest absolute Gasteiger partial charge is 0.128 e. The number of aliphatic hydroxyl groups is 1. The summed E-state index contributed by atoms with van der Waals surface area (Å²) in [5, 5.41) is 10.8. The van der Waals surface area contributed by atoms with Crippen LogP contribution in [0.1, 0.15) is 11.7 Å². The average Bonchev–Trinajstić information content (AvgIpc) is 3.02. The van der Waals surface area contributed by atoms with Crippen LogP contribution in [0, 0.1) is 0 Å². The van der Waals surface area contributed by atoms with Crippen molar-refractivity contribution in [2.45, 2.75) is 12.6 Å². The number of imidazole rings is 1. The van der Waals surface area contributed by atoms with Crippen molar-refractivity contribution in [2.75, 3.05) is 0 Å². The number of rotatable bonds is 5. The van der Waals surface area contributed by atoms with Crippen molar-refractivity contribution in [3.8, 4) is 11.5 Å². The predicted molar refractivity (Wildman–Crippen MR) is 92.9 cm³/mol. The fourth-order valence-corrected chi connectivity index (χ4v) is 2.73. The van der Waals surface area contributed by atoms with Gasteiger partial charge in [0.2, 0.25) is 0 Å². The van der Waals surface area contributed by atoms with E-state index in [9.17, 15) is 5.11 Å². The Kier molecular flexibility index (Phi) is 5.00. The number of nitrogens with zero attached hydrogens (tertiary/aromatic N) is 2. The van der Waals surface area contributed by atoms with Crippen molar-refractivity contribution in [1.29, 1.82) is 0 Å². The lowest BCUT2D eigenvalue weighted by Gasteiger charge is -2.14. The molecule has 3 aromatic rings. The maximum absolute atomic E-state index is 10.3. The number of ether oxygens (including phenoxy) is 1. The second-order valence-corrected chi connectivity index (χ2v) is 6.34. The molecule has 23 heavy (non-hydrogen) atoms. The van der Waals surface area contributed by atoms with Gasteiger partial charge < -0.3 is 14.4 Å². The van der Waals surface area contributed by atoms with Gasteiger partial charge in [-0.15, -0.1) is 0 Å². The first-order chi connectivity index (χ1) is 11.1. The zero-order valence-corrected chi connectivity index (χ0v) is 14.4. The van der Waals surface area contributed by atoms with Crippen LogP contribution in [0.3, 0.4) is 0 Å². The van der Waals surface area contributed by atoms with Crippen molar-refractivity contribution in [3.05, 3.63) is 76.2 Å². The first-order valence-corrected chi connectivity index (χ1v) is 8.15. The molecule has 2 aromatic carbocycles. The Hall–Kier alpha value is -1.82. The second-order valence-electron chi connectivity index (χ2n) is 5.01. The Morgan fingerprint density at radius 2 is 1.91 bits per heavy atom. The SMILES string of the molecule is OC(Cn1ccnc1)c1ccc(Oc2ccc(Br)cc2)cc1Cl. The second kappa shape index (κ2) is 7.17. The van der Waals surface area contributed by atoms with Crippen molar-refractivity contribution < 1.29 is 9.84 Å². The number of halogens is 2. The quantitative estimate of drug-likeness (QED) is 0.676. The third-order valence-corrected chi connectivity index (χ3v) is 4.18. The largest absolute Gasteiger partial charge is 0.457 e. The molecule has 0 aliphatic heterocycles. The third-order valence-electron chi connectivity index (χ3n) is 3.32.